The number of hydrogen-bond donors (Lipinski definition) is 2. The molecule has 0 unspecified atom stereocenters. The normalized spacial score (nSPS) is 9.87. The van der Waals surface area contributed by atoms with E-state index in [-0.39, 0.29) is 0 Å². The largest absolute Gasteiger partial charge is 0.389 e. The molecule has 76 valence electrons. The molecule has 2 rings (SSSR count). The second-order valence-electron chi connectivity index (χ2n) is 3.08. The maximum atomic E-state index is 5.51. The van der Waals surface area contributed by atoms with E-state index in [0.29, 0.717) is 4.99 Å². The zero-order valence-electron chi connectivity index (χ0n) is 7.94. The van der Waals surface area contributed by atoms with Gasteiger partial charge in [-0.1, -0.05) is 12.2 Å². The summed E-state index contributed by atoms with van der Waals surface area (Å²) in [5.74, 6) is 0. The van der Waals surface area contributed by atoms with Crippen molar-refractivity contribution in [2.45, 2.75) is 0 Å². The summed E-state index contributed by atoms with van der Waals surface area (Å²) in [6.07, 6.45) is 0. The van der Waals surface area contributed by atoms with Gasteiger partial charge in [-0.05, 0) is 35.7 Å². The number of benzene rings is 1. The summed E-state index contributed by atoms with van der Waals surface area (Å²) in [4.78, 5) is 0.428. The van der Waals surface area contributed by atoms with Crippen molar-refractivity contribution in [1.29, 1.82) is 0 Å². The standard InChI is InChI=1S/C11H10N2S2/c12-11(14)8-1-3-9(4-2-8)13-10-5-6-15-7-10/h1-7,13H,(H2,12,14). The Bertz CT molecular complexity index is 446. The smallest absolute Gasteiger partial charge is 0.103 e. The maximum Gasteiger partial charge on any atom is 0.103 e. The molecule has 2 nitrogen and oxygen atoms in total. The second kappa shape index (κ2) is 4.42. The fourth-order valence-electron chi connectivity index (χ4n) is 1.22. The number of thiophene rings is 1. The van der Waals surface area contributed by atoms with Crippen LogP contribution in [0.4, 0.5) is 11.4 Å². The van der Waals surface area contributed by atoms with E-state index in [1.54, 1.807) is 11.3 Å². The molecule has 15 heavy (non-hydrogen) atoms. The summed E-state index contributed by atoms with van der Waals surface area (Å²) >= 11 is 6.54. The molecule has 1 heterocycles. The molecule has 0 spiro atoms. The van der Waals surface area contributed by atoms with Crippen molar-refractivity contribution in [3.63, 3.8) is 0 Å². The van der Waals surface area contributed by atoms with Crippen LogP contribution in [0, 0.1) is 0 Å². The Balaban J connectivity index is 2.14. The fraction of sp³-hybridized carbons (Fsp3) is 0. The minimum Gasteiger partial charge on any atom is -0.389 e. The van der Waals surface area contributed by atoms with E-state index in [2.05, 4.69) is 10.7 Å². The number of rotatable bonds is 3. The maximum absolute atomic E-state index is 5.51. The first-order valence-corrected chi connectivity index (χ1v) is 5.80. The van der Waals surface area contributed by atoms with Crippen molar-refractivity contribution < 1.29 is 0 Å². The van der Waals surface area contributed by atoms with E-state index >= 15 is 0 Å². The number of hydrogen-bond acceptors (Lipinski definition) is 3. The van der Waals surface area contributed by atoms with E-state index in [1.165, 1.54) is 0 Å². The third kappa shape index (κ3) is 2.55. The predicted octanol–water partition coefficient (Wildman–Crippen LogP) is 3.13. The molecule has 1 aromatic heterocycles. The molecular formula is C11H10N2S2. The van der Waals surface area contributed by atoms with Gasteiger partial charge in [0.05, 0.1) is 0 Å². The highest BCUT2D eigenvalue weighted by atomic mass is 32.1. The fourth-order valence-corrected chi connectivity index (χ4v) is 1.94. The van der Waals surface area contributed by atoms with Crippen LogP contribution in [0.1, 0.15) is 5.56 Å². The van der Waals surface area contributed by atoms with Crippen LogP contribution in [0.25, 0.3) is 0 Å². The monoisotopic (exact) mass is 234 g/mol. The Morgan fingerprint density at radius 2 is 1.87 bits per heavy atom. The van der Waals surface area contributed by atoms with Gasteiger partial charge < -0.3 is 11.1 Å². The molecule has 0 fully saturated rings. The minimum atomic E-state index is 0.428. The van der Waals surface area contributed by atoms with Gasteiger partial charge in [-0.15, -0.1) is 0 Å². The summed E-state index contributed by atoms with van der Waals surface area (Å²) in [5, 5.41) is 7.37. The lowest BCUT2D eigenvalue weighted by molar-refractivity contribution is 1.56. The summed E-state index contributed by atoms with van der Waals surface area (Å²) in [6, 6.07) is 9.79. The molecule has 1 aromatic carbocycles. The molecule has 0 aliphatic rings. The van der Waals surface area contributed by atoms with Crippen LogP contribution in [0.2, 0.25) is 0 Å². The average Bonchev–Trinajstić information content (AvgIpc) is 2.71. The van der Waals surface area contributed by atoms with Crippen LogP contribution >= 0.6 is 23.6 Å². The van der Waals surface area contributed by atoms with Gasteiger partial charge >= 0.3 is 0 Å². The molecule has 2 aromatic rings. The Morgan fingerprint density at radius 3 is 2.40 bits per heavy atom. The van der Waals surface area contributed by atoms with E-state index in [9.17, 15) is 0 Å². The van der Waals surface area contributed by atoms with Crippen molar-refractivity contribution in [2.75, 3.05) is 5.32 Å². The number of nitrogens with two attached hydrogens (primary N) is 1. The Labute approximate surface area is 97.7 Å². The van der Waals surface area contributed by atoms with Crippen LogP contribution in [0.3, 0.4) is 0 Å². The number of nitrogens with one attached hydrogen (secondary N) is 1. The van der Waals surface area contributed by atoms with Crippen LogP contribution in [0.5, 0.6) is 0 Å². The van der Waals surface area contributed by atoms with Crippen LogP contribution in [0.15, 0.2) is 41.1 Å². The topological polar surface area (TPSA) is 38.0 Å². The molecule has 0 radical (unpaired) electrons. The highest BCUT2D eigenvalue weighted by Crippen LogP contribution is 2.19. The summed E-state index contributed by atoms with van der Waals surface area (Å²) in [5.41, 5.74) is 8.54. The minimum absolute atomic E-state index is 0.428. The SMILES string of the molecule is NC(=S)c1ccc(Nc2ccsc2)cc1. The highest BCUT2D eigenvalue weighted by molar-refractivity contribution is 7.80. The lowest BCUT2D eigenvalue weighted by atomic mass is 10.2. The molecule has 0 aliphatic heterocycles. The highest BCUT2D eigenvalue weighted by Gasteiger charge is 1.97. The van der Waals surface area contributed by atoms with Gasteiger partial charge in [-0.25, -0.2) is 0 Å². The van der Waals surface area contributed by atoms with Gasteiger partial charge in [0.1, 0.15) is 4.99 Å². The van der Waals surface area contributed by atoms with E-state index in [0.717, 1.165) is 16.9 Å². The predicted molar refractivity (Wildman–Crippen MR) is 69.9 cm³/mol. The zero-order valence-corrected chi connectivity index (χ0v) is 9.57. The van der Waals surface area contributed by atoms with Gasteiger partial charge in [-0.2, -0.15) is 11.3 Å². The van der Waals surface area contributed by atoms with Crippen molar-refractivity contribution >= 4 is 39.9 Å². The van der Waals surface area contributed by atoms with Gasteiger partial charge in [0.15, 0.2) is 0 Å². The lowest BCUT2D eigenvalue weighted by Gasteiger charge is -2.04. The van der Waals surface area contributed by atoms with E-state index in [4.69, 9.17) is 18.0 Å². The Kier molecular flexibility index (Phi) is 2.99. The molecule has 0 aliphatic carbocycles. The van der Waals surface area contributed by atoms with Gasteiger partial charge in [0.2, 0.25) is 0 Å². The lowest BCUT2D eigenvalue weighted by Crippen LogP contribution is -2.08. The van der Waals surface area contributed by atoms with Crippen LogP contribution in [-0.2, 0) is 0 Å². The number of anilines is 2. The first kappa shape index (κ1) is 10.1. The van der Waals surface area contributed by atoms with Crippen LogP contribution in [-0.4, -0.2) is 4.99 Å². The molecule has 3 N–H and O–H groups in total. The summed E-state index contributed by atoms with van der Waals surface area (Å²) in [7, 11) is 0. The van der Waals surface area contributed by atoms with Gasteiger partial charge in [-0.3, -0.25) is 0 Å². The molecule has 0 amide bonds. The summed E-state index contributed by atoms with van der Waals surface area (Å²) in [6.45, 7) is 0. The van der Waals surface area contributed by atoms with Crippen molar-refractivity contribution in [2.24, 2.45) is 5.73 Å². The summed E-state index contributed by atoms with van der Waals surface area (Å²) < 4.78 is 0. The first-order chi connectivity index (χ1) is 7.25. The number of thiocarbonyl (C=S) groups is 1. The van der Waals surface area contributed by atoms with Crippen molar-refractivity contribution in [3.05, 3.63) is 46.7 Å². The molecule has 4 heteroatoms. The molecule has 0 saturated carbocycles. The van der Waals surface area contributed by atoms with E-state index < -0.39 is 0 Å². The Morgan fingerprint density at radius 1 is 1.13 bits per heavy atom. The van der Waals surface area contributed by atoms with Crippen LogP contribution < -0.4 is 11.1 Å². The molecule has 0 bridgehead atoms. The van der Waals surface area contributed by atoms with Crippen molar-refractivity contribution in [1.82, 2.24) is 0 Å². The van der Waals surface area contributed by atoms with Crippen molar-refractivity contribution in [3.8, 4) is 0 Å². The zero-order chi connectivity index (χ0) is 10.7. The molecule has 0 atom stereocenters. The third-order valence-corrected chi connectivity index (χ3v) is 2.90. The van der Waals surface area contributed by atoms with Gasteiger partial charge in [0, 0.05) is 22.3 Å². The quantitative estimate of drug-likeness (QED) is 0.801. The molecular weight excluding hydrogens is 224 g/mol. The van der Waals surface area contributed by atoms with E-state index in [1.807, 2.05) is 35.7 Å². The third-order valence-electron chi connectivity index (χ3n) is 1.98. The average molecular weight is 234 g/mol. The first-order valence-electron chi connectivity index (χ1n) is 4.45. The molecule has 0 saturated heterocycles. The second-order valence-corrected chi connectivity index (χ2v) is 4.30. The Hall–Kier alpha value is -1.39. The van der Waals surface area contributed by atoms with Gasteiger partial charge in [0.25, 0.3) is 0 Å².